The van der Waals surface area contributed by atoms with E-state index in [1.54, 1.807) is 48.5 Å². The first-order valence-corrected chi connectivity index (χ1v) is 8.42. The smallest absolute Gasteiger partial charge is 0.338 e. The molecule has 1 aliphatic rings. The highest BCUT2D eigenvalue weighted by atomic mass is 16.6. The van der Waals surface area contributed by atoms with E-state index < -0.39 is 30.3 Å². The molecule has 136 valence electrons. The molecule has 2 aromatic carbocycles. The molecule has 0 radical (unpaired) electrons. The summed E-state index contributed by atoms with van der Waals surface area (Å²) in [5.74, 6) is -0.952. The van der Waals surface area contributed by atoms with Crippen molar-refractivity contribution in [2.24, 2.45) is 0 Å². The monoisotopic (exact) mass is 356 g/mol. The number of esters is 2. The summed E-state index contributed by atoms with van der Waals surface area (Å²) in [7, 11) is 0. The van der Waals surface area contributed by atoms with E-state index >= 15 is 0 Å². The van der Waals surface area contributed by atoms with Crippen molar-refractivity contribution >= 4 is 11.9 Å². The zero-order chi connectivity index (χ0) is 18.4. The third-order valence-corrected chi connectivity index (χ3v) is 4.14. The second-order valence-electron chi connectivity index (χ2n) is 5.99. The molecule has 1 fully saturated rings. The molecule has 0 aliphatic carbocycles. The Bertz CT molecular complexity index is 730. The van der Waals surface area contributed by atoms with Gasteiger partial charge in [-0.1, -0.05) is 36.4 Å². The molecule has 0 amide bonds. The van der Waals surface area contributed by atoms with Crippen molar-refractivity contribution in [3.05, 3.63) is 71.8 Å². The summed E-state index contributed by atoms with van der Waals surface area (Å²) < 4.78 is 16.4. The molecule has 1 saturated heterocycles. The van der Waals surface area contributed by atoms with Gasteiger partial charge in [0.2, 0.25) is 0 Å². The maximum Gasteiger partial charge on any atom is 0.338 e. The van der Waals surface area contributed by atoms with Crippen LogP contribution in [0.2, 0.25) is 0 Å². The Hall–Kier alpha value is -2.70. The van der Waals surface area contributed by atoms with Gasteiger partial charge in [0.25, 0.3) is 0 Å². The van der Waals surface area contributed by atoms with Gasteiger partial charge in [-0.05, 0) is 24.3 Å². The zero-order valence-electron chi connectivity index (χ0n) is 14.1. The SMILES string of the molecule is O=C(OC[C@H]1OC(CO)C[C@@H]1OC(=O)c1ccccc1)c1ccccc1. The number of ether oxygens (including phenoxy) is 3. The lowest BCUT2D eigenvalue weighted by Gasteiger charge is -2.19. The number of hydrogen-bond donors (Lipinski definition) is 1. The summed E-state index contributed by atoms with van der Waals surface area (Å²) in [5, 5.41) is 9.33. The summed E-state index contributed by atoms with van der Waals surface area (Å²) >= 11 is 0. The minimum atomic E-state index is -0.618. The van der Waals surface area contributed by atoms with Gasteiger partial charge in [-0.3, -0.25) is 0 Å². The van der Waals surface area contributed by atoms with Crippen LogP contribution in [0.1, 0.15) is 27.1 Å². The summed E-state index contributed by atoms with van der Waals surface area (Å²) in [5.41, 5.74) is 0.863. The first-order valence-electron chi connectivity index (χ1n) is 8.42. The van der Waals surface area contributed by atoms with Crippen molar-refractivity contribution in [1.82, 2.24) is 0 Å². The molecule has 6 nitrogen and oxygen atoms in total. The molecular weight excluding hydrogens is 336 g/mol. The fourth-order valence-electron chi connectivity index (χ4n) is 2.78. The van der Waals surface area contributed by atoms with Crippen LogP contribution in [-0.4, -0.2) is 48.6 Å². The molecule has 6 heteroatoms. The van der Waals surface area contributed by atoms with E-state index in [9.17, 15) is 14.7 Å². The van der Waals surface area contributed by atoms with Gasteiger partial charge in [0.15, 0.2) is 0 Å². The van der Waals surface area contributed by atoms with E-state index in [0.717, 1.165) is 0 Å². The van der Waals surface area contributed by atoms with Crippen LogP contribution < -0.4 is 0 Å². The highest BCUT2D eigenvalue weighted by molar-refractivity contribution is 5.90. The second kappa shape index (κ2) is 8.60. The average molecular weight is 356 g/mol. The third-order valence-electron chi connectivity index (χ3n) is 4.14. The summed E-state index contributed by atoms with van der Waals surface area (Å²) in [6, 6.07) is 17.2. The van der Waals surface area contributed by atoms with E-state index in [1.165, 1.54) is 0 Å². The first kappa shape index (κ1) is 18.1. The first-order chi connectivity index (χ1) is 12.7. The molecule has 3 atom stereocenters. The van der Waals surface area contributed by atoms with Gasteiger partial charge in [0.1, 0.15) is 18.8 Å². The molecule has 26 heavy (non-hydrogen) atoms. The molecule has 0 bridgehead atoms. The number of carbonyl (C=O) groups is 2. The van der Waals surface area contributed by atoms with Gasteiger partial charge in [0.05, 0.1) is 23.8 Å². The lowest BCUT2D eigenvalue weighted by atomic mass is 10.1. The van der Waals surface area contributed by atoms with Crippen molar-refractivity contribution in [3.63, 3.8) is 0 Å². The van der Waals surface area contributed by atoms with Crippen molar-refractivity contribution < 1.29 is 28.9 Å². The predicted molar refractivity (Wildman–Crippen MR) is 92.7 cm³/mol. The molecule has 1 aliphatic heterocycles. The fourth-order valence-corrected chi connectivity index (χ4v) is 2.78. The number of aliphatic hydroxyl groups excluding tert-OH is 1. The van der Waals surface area contributed by atoms with Gasteiger partial charge in [-0.15, -0.1) is 0 Å². The molecule has 1 unspecified atom stereocenters. The largest absolute Gasteiger partial charge is 0.459 e. The molecule has 0 aromatic heterocycles. The third kappa shape index (κ3) is 4.47. The van der Waals surface area contributed by atoms with E-state index in [4.69, 9.17) is 14.2 Å². The van der Waals surface area contributed by atoms with Crippen LogP contribution in [0.4, 0.5) is 0 Å². The van der Waals surface area contributed by atoms with Gasteiger partial charge >= 0.3 is 11.9 Å². The van der Waals surface area contributed by atoms with Crippen LogP contribution in [0.5, 0.6) is 0 Å². The molecular formula is C20H20O6. The van der Waals surface area contributed by atoms with E-state index in [2.05, 4.69) is 0 Å². The van der Waals surface area contributed by atoms with Crippen LogP contribution in [0.3, 0.4) is 0 Å². The van der Waals surface area contributed by atoms with Crippen molar-refractivity contribution in [1.29, 1.82) is 0 Å². The molecule has 0 spiro atoms. The molecule has 1 heterocycles. The average Bonchev–Trinajstić information content (AvgIpc) is 3.09. The zero-order valence-corrected chi connectivity index (χ0v) is 14.1. The second-order valence-corrected chi connectivity index (χ2v) is 5.99. The topological polar surface area (TPSA) is 82.1 Å². The van der Waals surface area contributed by atoms with Gasteiger partial charge in [0, 0.05) is 6.42 Å². The maximum atomic E-state index is 12.3. The number of carbonyl (C=O) groups excluding carboxylic acids is 2. The predicted octanol–water partition coefficient (Wildman–Crippen LogP) is 2.22. The quantitative estimate of drug-likeness (QED) is 0.799. The Morgan fingerprint density at radius 3 is 2.12 bits per heavy atom. The normalized spacial score (nSPS) is 22.0. The van der Waals surface area contributed by atoms with Crippen LogP contribution in [0.25, 0.3) is 0 Å². The lowest BCUT2D eigenvalue weighted by molar-refractivity contribution is -0.0503. The standard InChI is InChI=1S/C20H20O6/c21-12-16-11-17(26-20(23)15-9-5-2-6-10-15)18(25-16)13-24-19(22)14-7-3-1-4-8-14/h1-10,16-18,21H,11-13H2/t16?,17-,18+/m0/s1. The number of benzene rings is 2. The Balaban J connectivity index is 1.60. The maximum absolute atomic E-state index is 12.3. The van der Waals surface area contributed by atoms with Gasteiger partial charge in [-0.25, -0.2) is 9.59 Å². The molecule has 1 N–H and O–H groups in total. The number of hydrogen-bond acceptors (Lipinski definition) is 6. The Morgan fingerprint density at radius 2 is 1.54 bits per heavy atom. The van der Waals surface area contributed by atoms with E-state index in [-0.39, 0.29) is 13.2 Å². The van der Waals surface area contributed by atoms with Crippen LogP contribution >= 0.6 is 0 Å². The minimum absolute atomic E-state index is 0.0586. The number of rotatable bonds is 6. The Kier molecular flexibility index (Phi) is 5.99. The molecule has 0 saturated carbocycles. The summed E-state index contributed by atoms with van der Waals surface area (Å²) in [6.45, 7) is -0.251. The van der Waals surface area contributed by atoms with Gasteiger partial charge in [-0.2, -0.15) is 0 Å². The minimum Gasteiger partial charge on any atom is -0.459 e. The highest BCUT2D eigenvalue weighted by Gasteiger charge is 2.38. The van der Waals surface area contributed by atoms with Crippen molar-refractivity contribution in [2.75, 3.05) is 13.2 Å². The molecule has 2 aromatic rings. The number of aliphatic hydroxyl groups is 1. The highest BCUT2D eigenvalue weighted by Crippen LogP contribution is 2.25. The Labute approximate surface area is 151 Å². The summed E-state index contributed by atoms with van der Waals surface area (Å²) in [6.07, 6.45) is -1.32. The van der Waals surface area contributed by atoms with Crippen molar-refractivity contribution in [2.45, 2.75) is 24.7 Å². The van der Waals surface area contributed by atoms with Crippen LogP contribution in [-0.2, 0) is 14.2 Å². The van der Waals surface area contributed by atoms with Crippen molar-refractivity contribution in [3.8, 4) is 0 Å². The van der Waals surface area contributed by atoms with Gasteiger partial charge < -0.3 is 19.3 Å². The Morgan fingerprint density at radius 1 is 0.962 bits per heavy atom. The van der Waals surface area contributed by atoms with E-state index in [1.807, 2.05) is 12.1 Å². The molecule has 3 rings (SSSR count). The van der Waals surface area contributed by atoms with Crippen LogP contribution in [0.15, 0.2) is 60.7 Å². The lowest BCUT2D eigenvalue weighted by Crippen LogP contribution is -2.32. The summed E-state index contributed by atoms with van der Waals surface area (Å²) in [4.78, 5) is 24.3. The fraction of sp³-hybridized carbons (Fsp3) is 0.300. The van der Waals surface area contributed by atoms with E-state index in [0.29, 0.717) is 17.5 Å². The van der Waals surface area contributed by atoms with Crippen LogP contribution in [0, 0.1) is 0 Å².